The van der Waals surface area contributed by atoms with E-state index in [1.807, 2.05) is 6.92 Å². The zero-order valence-corrected chi connectivity index (χ0v) is 14.5. The third-order valence-electron chi connectivity index (χ3n) is 6.96. The predicted octanol–water partition coefficient (Wildman–Crippen LogP) is 5.35. The van der Waals surface area contributed by atoms with Crippen LogP contribution in [0.25, 0.3) is 0 Å². The molecular weight excluding hydrogens is 272 g/mol. The highest BCUT2D eigenvalue weighted by Gasteiger charge is 2.55. The van der Waals surface area contributed by atoms with E-state index in [0.29, 0.717) is 11.8 Å². The summed E-state index contributed by atoms with van der Waals surface area (Å²) in [6, 6.07) is 0. The van der Waals surface area contributed by atoms with Crippen molar-refractivity contribution in [1.82, 2.24) is 0 Å². The van der Waals surface area contributed by atoms with Crippen LogP contribution in [0.3, 0.4) is 0 Å². The van der Waals surface area contributed by atoms with Gasteiger partial charge in [0.05, 0.1) is 5.41 Å². The SMILES string of the molecule is CC(C)C1=CC2=C(CC1)[C@@]1(C)CCC[C@](C)(C(=O)O)[C@@H]1CC2. The Morgan fingerprint density at radius 2 is 1.95 bits per heavy atom. The number of aliphatic carboxylic acids is 1. The van der Waals surface area contributed by atoms with Crippen LogP contribution in [0.1, 0.15) is 72.6 Å². The van der Waals surface area contributed by atoms with Gasteiger partial charge in [-0.2, -0.15) is 0 Å². The molecule has 0 aromatic rings. The molecule has 2 nitrogen and oxygen atoms in total. The Morgan fingerprint density at radius 1 is 1.23 bits per heavy atom. The van der Waals surface area contributed by atoms with E-state index >= 15 is 0 Å². The van der Waals surface area contributed by atoms with Gasteiger partial charge < -0.3 is 5.11 Å². The fourth-order valence-corrected chi connectivity index (χ4v) is 5.57. The lowest BCUT2D eigenvalue weighted by atomic mass is 9.48. The molecule has 0 heterocycles. The quantitative estimate of drug-likeness (QED) is 0.746. The maximum atomic E-state index is 11.9. The summed E-state index contributed by atoms with van der Waals surface area (Å²) < 4.78 is 0. The van der Waals surface area contributed by atoms with E-state index in [1.54, 1.807) is 16.7 Å². The first kappa shape index (κ1) is 15.8. The Kier molecular flexibility index (Phi) is 3.78. The van der Waals surface area contributed by atoms with Crippen molar-refractivity contribution in [1.29, 1.82) is 0 Å². The minimum absolute atomic E-state index is 0.109. The van der Waals surface area contributed by atoms with Gasteiger partial charge in [-0.1, -0.05) is 44.4 Å². The van der Waals surface area contributed by atoms with Gasteiger partial charge in [0.2, 0.25) is 0 Å². The van der Waals surface area contributed by atoms with E-state index in [4.69, 9.17) is 0 Å². The van der Waals surface area contributed by atoms with Gasteiger partial charge in [0.15, 0.2) is 0 Å². The van der Waals surface area contributed by atoms with Crippen LogP contribution in [0.2, 0.25) is 0 Å². The molecule has 0 aromatic carbocycles. The van der Waals surface area contributed by atoms with Crippen LogP contribution in [0, 0.1) is 22.7 Å². The molecule has 0 bridgehead atoms. The standard InChI is InChI=1S/C20H30O2/c1-13(2)14-6-8-16-15(12-14)7-9-17-19(16,3)10-5-11-20(17,4)18(21)22/h12-13,17H,5-11H2,1-4H3,(H,21,22)/t17-,19-,20+/m1/s1. The van der Waals surface area contributed by atoms with E-state index < -0.39 is 11.4 Å². The molecule has 22 heavy (non-hydrogen) atoms. The number of fused-ring (bicyclic) bond motifs is 2. The van der Waals surface area contributed by atoms with Crippen LogP contribution in [0.5, 0.6) is 0 Å². The van der Waals surface area contributed by atoms with Crippen LogP contribution in [-0.4, -0.2) is 11.1 Å². The Bertz CT molecular complexity index is 554. The molecular formula is C20H30O2. The molecule has 1 N–H and O–H groups in total. The van der Waals surface area contributed by atoms with Crippen molar-refractivity contribution in [2.24, 2.45) is 22.7 Å². The number of allylic oxidation sites excluding steroid dienone is 4. The third-order valence-corrected chi connectivity index (χ3v) is 6.96. The molecule has 3 atom stereocenters. The van der Waals surface area contributed by atoms with Gasteiger partial charge in [0, 0.05) is 0 Å². The summed E-state index contributed by atoms with van der Waals surface area (Å²) in [5, 5.41) is 9.83. The first-order chi connectivity index (χ1) is 10.3. The van der Waals surface area contributed by atoms with Gasteiger partial charge in [-0.15, -0.1) is 0 Å². The number of hydrogen-bond donors (Lipinski definition) is 1. The largest absolute Gasteiger partial charge is 0.481 e. The van der Waals surface area contributed by atoms with Crippen LogP contribution in [0.15, 0.2) is 22.8 Å². The van der Waals surface area contributed by atoms with E-state index in [0.717, 1.165) is 32.1 Å². The fraction of sp³-hybridized carbons (Fsp3) is 0.750. The molecule has 122 valence electrons. The molecule has 0 unspecified atom stereocenters. The van der Waals surface area contributed by atoms with Gasteiger partial charge in [-0.3, -0.25) is 4.79 Å². The van der Waals surface area contributed by atoms with Crippen molar-refractivity contribution in [3.05, 3.63) is 22.8 Å². The van der Waals surface area contributed by atoms with Gasteiger partial charge in [0.1, 0.15) is 0 Å². The maximum absolute atomic E-state index is 11.9. The summed E-state index contributed by atoms with van der Waals surface area (Å²) in [6.07, 6.45) is 9.97. The molecule has 0 aromatic heterocycles. The summed E-state index contributed by atoms with van der Waals surface area (Å²) in [5.41, 5.74) is 4.30. The Hall–Kier alpha value is -1.05. The maximum Gasteiger partial charge on any atom is 0.309 e. The summed E-state index contributed by atoms with van der Waals surface area (Å²) in [4.78, 5) is 11.9. The molecule has 1 saturated carbocycles. The minimum atomic E-state index is -0.582. The summed E-state index contributed by atoms with van der Waals surface area (Å²) >= 11 is 0. The van der Waals surface area contributed by atoms with E-state index in [1.165, 1.54) is 12.8 Å². The summed E-state index contributed by atoms with van der Waals surface area (Å²) in [5.74, 6) is 0.357. The van der Waals surface area contributed by atoms with Crippen molar-refractivity contribution in [2.75, 3.05) is 0 Å². The normalized spacial score (nSPS) is 38.4. The van der Waals surface area contributed by atoms with Crippen LogP contribution >= 0.6 is 0 Å². The van der Waals surface area contributed by atoms with Gasteiger partial charge in [0.25, 0.3) is 0 Å². The molecule has 3 aliphatic carbocycles. The predicted molar refractivity (Wildman–Crippen MR) is 89.6 cm³/mol. The summed E-state index contributed by atoms with van der Waals surface area (Å²) in [7, 11) is 0. The molecule has 0 spiro atoms. The average Bonchev–Trinajstić information content (AvgIpc) is 2.46. The van der Waals surface area contributed by atoms with Crippen molar-refractivity contribution in [2.45, 2.75) is 72.6 Å². The molecule has 0 aliphatic heterocycles. The second kappa shape index (κ2) is 5.25. The van der Waals surface area contributed by atoms with Crippen LogP contribution in [-0.2, 0) is 4.79 Å². The average molecular weight is 302 g/mol. The molecule has 2 heteroatoms. The fourth-order valence-electron chi connectivity index (χ4n) is 5.57. The Morgan fingerprint density at radius 3 is 2.59 bits per heavy atom. The lowest BCUT2D eigenvalue weighted by Crippen LogP contribution is -2.50. The number of hydrogen-bond acceptors (Lipinski definition) is 1. The Labute approximate surface area is 134 Å². The lowest BCUT2D eigenvalue weighted by molar-refractivity contribution is -0.159. The van der Waals surface area contributed by atoms with Gasteiger partial charge in [-0.05, 0) is 68.3 Å². The number of carbonyl (C=O) groups is 1. The first-order valence-corrected chi connectivity index (χ1v) is 8.95. The number of carboxylic acids is 1. The van der Waals surface area contributed by atoms with Crippen molar-refractivity contribution < 1.29 is 9.90 Å². The van der Waals surface area contributed by atoms with E-state index in [-0.39, 0.29) is 5.41 Å². The highest BCUT2D eigenvalue weighted by atomic mass is 16.4. The molecule has 3 rings (SSSR count). The van der Waals surface area contributed by atoms with E-state index in [2.05, 4.69) is 26.8 Å². The van der Waals surface area contributed by atoms with Gasteiger partial charge >= 0.3 is 5.97 Å². The monoisotopic (exact) mass is 302 g/mol. The van der Waals surface area contributed by atoms with Crippen LogP contribution < -0.4 is 0 Å². The Balaban J connectivity index is 2.03. The van der Waals surface area contributed by atoms with E-state index in [9.17, 15) is 9.90 Å². The third kappa shape index (κ3) is 2.18. The first-order valence-electron chi connectivity index (χ1n) is 8.95. The second-order valence-corrected chi connectivity index (χ2v) is 8.46. The molecule has 0 amide bonds. The molecule has 1 fully saturated rings. The topological polar surface area (TPSA) is 37.3 Å². The summed E-state index contributed by atoms with van der Waals surface area (Å²) in [6.45, 7) is 8.93. The van der Waals surface area contributed by atoms with Crippen molar-refractivity contribution >= 4 is 5.97 Å². The molecule has 0 saturated heterocycles. The molecule has 0 radical (unpaired) electrons. The van der Waals surface area contributed by atoms with Crippen molar-refractivity contribution in [3.8, 4) is 0 Å². The minimum Gasteiger partial charge on any atom is -0.481 e. The van der Waals surface area contributed by atoms with Crippen LogP contribution in [0.4, 0.5) is 0 Å². The highest BCUT2D eigenvalue weighted by Crippen LogP contribution is 2.61. The zero-order chi connectivity index (χ0) is 16.1. The molecule has 3 aliphatic rings. The van der Waals surface area contributed by atoms with Crippen molar-refractivity contribution in [3.63, 3.8) is 0 Å². The highest BCUT2D eigenvalue weighted by molar-refractivity contribution is 5.75. The lowest BCUT2D eigenvalue weighted by Gasteiger charge is -2.55. The number of carboxylic acid groups (broad SMARTS) is 1. The van der Waals surface area contributed by atoms with Gasteiger partial charge in [-0.25, -0.2) is 0 Å². The zero-order valence-electron chi connectivity index (χ0n) is 14.5. The smallest absolute Gasteiger partial charge is 0.309 e. The number of rotatable bonds is 2. The second-order valence-electron chi connectivity index (χ2n) is 8.46.